The van der Waals surface area contributed by atoms with E-state index in [-0.39, 0.29) is 6.71 Å². The third kappa shape index (κ3) is 6.44. The zero-order valence-corrected chi connectivity index (χ0v) is 42.0. The van der Waals surface area contributed by atoms with Gasteiger partial charge in [-0.3, -0.25) is 0 Å². The highest BCUT2D eigenvalue weighted by Crippen LogP contribution is 2.49. The van der Waals surface area contributed by atoms with Gasteiger partial charge in [-0.2, -0.15) is 0 Å². The number of benzene rings is 12. The van der Waals surface area contributed by atoms with E-state index >= 15 is 0 Å². The molecule has 362 valence electrons. The summed E-state index contributed by atoms with van der Waals surface area (Å²) in [4.78, 5) is 2.53. The number of nitrogens with zero attached hydrogens (tertiary/aromatic N) is 2. The Hall–Kier alpha value is -10.3. The summed E-state index contributed by atoms with van der Waals surface area (Å²) in [5.41, 5.74) is 22.4. The van der Waals surface area contributed by atoms with Gasteiger partial charge in [0.2, 0.25) is 0 Å². The largest absolute Gasteiger partial charge is 0.458 e. The molecule has 2 aliphatic heterocycles. The van der Waals surface area contributed by atoms with Gasteiger partial charge in [0, 0.05) is 55.3 Å². The Balaban J connectivity index is 0.947. The first-order valence-electron chi connectivity index (χ1n) is 26.7. The Morgan fingerprint density at radius 1 is 0.295 bits per heavy atom. The molecular formula is C72H43BN2O3. The van der Waals surface area contributed by atoms with E-state index in [9.17, 15) is 0 Å². The van der Waals surface area contributed by atoms with Crippen LogP contribution in [0.5, 0.6) is 11.5 Å². The van der Waals surface area contributed by atoms with E-state index in [1.54, 1.807) is 0 Å². The minimum Gasteiger partial charge on any atom is -0.458 e. The highest BCUT2D eigenvalue weighted by molar-refractivity contribution is 6.99. The zero-order chi connectivity index (χ0) is 51.0. The molecule has 5 heterocycles. The summed E-state index contributed by atoms with van der Waals surface area (Å²) in [5, 5.41) is 6.81. The summed E-state index contributed by atoms with van der Waals surface area (Å²) in [5.74, 6) is 1.67. The normalized spacial score (nSPS) is 12.7. The molecule has 15 aromatic rings. The van der Waals surface area contributed by atoms with Crippen molar-refractivity contribution in [3.05, 3.63) is 261 Å². The first kappa shape index (κ1) is 43.0. The zero-order valence-electron chi connectivity index (χ0n) is 42.0. The Morgan fingerprint density at radius 3 is 1.45 bits per heavy atom. The molecule has 6 heteroatoms. The van der Waals surface area contributed by atoms with Crippen molar-refractivity contribution in [3.8, 4) is 61.7 Å². The number of furan rings is 2. The lowest BCUT2D eigenvalue weighted by Crippen LogP contribution is -2.59. The second kappa shape index (κ2) is 16.6. The third-order valence-electron chi connectivity index (χ3n) is 16.4. The van der Waals surface area contributed by atoms with Crippen molar-refractivity contribution in [1.82, 2.24) is 4.57 Å². The quantitative estimate of drug-likeness (QED) is 0.156. The SMILES string of the molecule is c1ccc(-c2ccc(N3c4cc(-c5ccc6oc7ccccc7c6c5)ccc4B4c5ccc(-c6ccc7oc8ccccc8c7c6)cc5Oc5cc(-n6c7ccccc7c7ccccc76)cc3c54)c(-c3ccccc3)c2)cc1. The van der Waals surface area contributed by atoms with Crippen LogP contribution in [0, 0.1) is 0 Å². The van der Waals surface area contributed by atoms with Gasteiger partial charge >= 0.3 is 0 Å². The molecule has 5 nitrogen and oxygen atoms in total. The number of hydrogen-bond acceptors (Lipinski definition) is 4. The van der Waals surface area contributed by atoms with Crippen LogP contribution in [-0.4, -0.2) is 11.3 Å². The van der Waals surface area contributed by atoms with Gasteiger partial charge in [-0.05, 0) is 134 Å². The molecule has 3 aromatic heterocycles. The smallest absolute Gasteiger partial charge is 0.256 e. The maximum absolute atomic E-state index is 7.48. The van der Waals surface area contributed by atoms with E-state index in [1.807, 2.05) is 24.3 Å². The number of fused-ring (bicyclic) bond motifs is 13. The van der Waals surface area contributed by atoms with Gasteiger partial charge in [-0.25, -0.2) is 0 Å². The monoisotopic (exact) mass is 994 g/mol. The first-order valence-corrected chi connectivity index (χ1v) is 26.7. The van der Waals surface area contributed by atoms with Crippen molar-refractivity contribution in [2.75, 3.05) is 4.90 Å². The number of anilines is 3. The van der Waals surface area contributed by atoms with Crippen molar-refractivity contribution in [3.63, 3.8) is 0 Å². The van der Waals surface area contributed by atoms with E-state index in [2.05, 4.69) is 246 Å². The maximum Gasteiger partial charge on any atom is 0.256 e. The molecule has 0 unspecified atom stereocenters. The summed E-state index contributed by atoms with van der Waals surface area (Å²) in [6, 6.07) is 94.3. The lowest BCUT2D eigenvalue weighted by molar-refractivity contribution is 0.487. The van der Waals surface area contributed by atoms with E-state index in [0.29, 0.717) is 0 Å². The van der Waals surface area contributed by atoms with Crippen LogP contribution in [0.4, 0.5) is 17.1 Å². The van der Waals surface area contributed by atoms with Gasteiger partial charge in [-0.1, -0.05) is 176 Å². The molecule has 17 rings (SSSR count). The standard InChI is InChI=1S/C72H43BN2O3/c1-3-15-44(16-4-1)46-29-34-63(56(37-46)45-17-5-2-6-18-45)75-64-40-49(47-30-35-68-57(38-47)54-21-9-13-25-66(54)76-68)27-32-59(64)73-60-33-28-50(48-31-36-69-58(39-48)55-22-10-14-26-67(55)77-69)41-70(60)78-71-43-51(42-65(75)72(71)73)74-61-23-11-7-19-52(61)53-20-8-12-24-62(53)74/h1-43H. The molecule has 0 aliphatic carbocycles. The Labute approximate surface area is 449 Å². The van der Waals surface area contributed by atoms with E-state index in [0.717, 1.165) is 145 Å². The third-order valence-corrected chi connectivity index (χ3v) is 16.4. The molecule has 0 saturated heterocycles. The number of para-hydroxylation sites is 4. The van der Waals surface area contributed by atoms with Crippen molar-refractivity contribution in [2.24, 2.45) is 0 Å². The maximum atomic E-state index is 7.48. The number of aromatic nitrogens is 1. The van der Waals surface area contributed by atoms with Crippen LogP contribution >= 0.6 is 0 Å². The molecule has 0 N–H and O–H groups in total. The summed E-state index contributed by atoms with van der Waals surface area (Å²) >= 11 is 0. The fourth-order valence-electron chi connectivity index (χ4n) is 12.9. The average Bonchev–Trinajstić information content (AvgIpc) is 4.25. The summed E-state index contributed by atoms with van der Waals surface area (Å²) in [6.07, 6.45) is 0. The molecule has 0 saturated carbocycles. The minimum atomic E-state index is -0.162. The first-order chi connectivity index (χ1) is 38.6. The fraction of sp³-hybridized carbons (Fsp3) is 0. The van der Waals surface area contributed by atoms with Crippen LogP contribution in [0.3, 0.4) is 0 Å². The second-order valence-electron chi connectivity index (χ2n) is 20.7. The van der Waals surface area contributed by atoms with Gasteiger partial charge in [0.25, 0.3) is 6.71 Å². The molecule has 0 fully saturated rings. The minimum absolute atomic E-state index is 0.162. The molecule has 0 spiro atoms. The van der Waals surface area contributed by atoms with Crippen LogP contribution in [0.25, 0.3) is 116 Å². The number of hydrogen-bond donors (Lipinski definition) is 0. The van der Waals surface area contributed by atoms with E-state index < -0.39 is 0 Å². The Kier molecular flexibility index (Phi) is 9.15. The molecule has 0 radical (unpaired) electrons. The van der Waals surface area contributed by atoms with Crippen LogP contribution in [-0.2, 0) is 0 Å². The second-order valence-corrected chi connectivity index (χ2v) is 20.7. The average molecular weight is 995 g/mol. The molecule has 0 amide bonds. The summed E-state index contributed by atoms with van der Waals surface area (Å²) in [6.45, 7) is -0.162. The molecule has 12 aromatic carbocycles. The fourth-order valence-corrected chi connectivity index (χ4v) is 12.9. The van der Waals surface area contributed by atoms with Crippen molar-refractivity contribution < 1.29 is 13.6 Å². The Bertz CT molecular complexity index is 4920. The lowest BCUT2D eigenvalue weighted by atomic mass is 9.34. The molecule has 0 bridgehead atoms. The molecule has 2 aliphatic rings. The van der Waals surface area contributed by atoms with Gasteiger partial charge in [-0.15, -0.1) is 0 Å². The lowest BCUT2D eigenvalue weighted by Gasteiger charge is -2.41. The Morgan fingerprint density at radius 2 is 0.795 bits per heavy atom. The van der Waals surface area contributed by atoms with Crippen molar-refractivity contribution in [2.45, 2.75) is 0 Å². The van der Waals surface area contributed by atoms with Crippen LogP contribution < -0.4 is 26.0 Å². The predicted octanol–water partition coefficient (Wildman–Crippen LogP) is 17.7. The van der Waals surface area contributed by atoms with Crippen LogP contribution in [0.1, 0.15) is 0 Å². The van der Waals surface area contributed by atoms with E-state index in [1.165, 1.54) is 16.2 Å². The highest BCUT2D eigenvalue weighted by atomic mass is 16.5. The van der Waals surface area contributed by atoms with Gasteiger partial charge < -0.3 is 23.0 Å². The van der Waals surface area contributed by atoms with Crippen molar-refractivity contribution in [1.29, 1.82) is 0 Å². The molecule has 0 atom stereocenters. The van der Waals surface area contributed by atoms with Crippen molar-refractivity contribution >= 4 is 106 Å². The highest BCUT2D eigenvalue weighted by Gasteiger charge is 2.43. The van der Waals surface area contributed by atoms with Crippen LogP contribution in [0.2, 0.25) is 0 Å². The van der Waals surface area contributed by atoms with Gasteiger partial charge in [0.05, 0.1) is 22.4 Å². The molecule has 78 heavy (non-hydrogen) atoms. The number of rotatable bonds is 6. The van der Waals surface area contributed by atoms with Crippen LogP contribution in [0.15, 0.2) is 270 Å². The summed E-state index contributed by atoms with van der Waals surface area (Å²) < 4.78 is 22.5. The van der Waals surface area contributed by atoms with E-state index in [4.69, 9.17) is 13.6 Å². The summed E-state index contributed by atoms with van der Waals surface area (Å²) in [7, 11) is 0. The van der Waals surface area contributed by atoms with Gasteiger partial charge in [0.1, 0.15) is 33.8 Å². The van der Waals surface area contributed by atoms with Gasteiger partial charge in [0.15, 0.2) is 0 Å². The molecular weight excluding hydrogens is 952 g/mol. The predicted molar refractivity (Wildman–Crippen MR) is 323 cm³/mol. The number of ether oxygens (including phenoxy) is 1. The topological polar surface area (TPSA) is 43.7 Å².